The van der Waals surface area contributed by atoms with Crippen LogP contribution in [0, 0.1) is 5.92 Å². The molecule has 4 rings (SSSR count). The average molecular weight is 390 g/mol. The normalized spacial score (nSPS) is 14.4. The van der Waals surface area contributed by atoms with Gasteiger partial charge in [0.25, 0.3) is 5.91 Å². The van der Waals surface area contributed by atoms with Crippen LogP contribution in [0.2, 0.25) is 0 Å². The highest BCUT2D eigenvalue weighted by Gasteiger charge is 2.32. The molecule has 1 aliphatic carbocycles. The summed E-state index contributed by atoms with van der Waals surface area (Å²) in [5, 5.41) is 7.84. The minimum atomic E-state index is -0.127. The SMILES string of the molecule is COc1ccc(-c2nn(Cc3ccccc3)cc2C(=O)NC(CN)C2CC2)cc1. The average Bonchev–Trinajstić information content (AvgIpc) is 3.52. The molecule has 6 nitrogen and oxygen atoms in total. The summed E-state index contributed by atoms with van der Waals surface area (Å²) in [5.41, 5.74) is 9.10. The van der Waals surface area contributed by atoms with E-state index in [9.17, 15) is 4.79 Å². The zero-order valence-electron chi connectivity index (χ0n) is 16.5. The molecule has 1 fully saturated rings. The highest BCUT2D eigenvalue weighted by Crippen LogP contribution is 2.32. The lowest BCUT2D eigenvalue weighted by atomic mass is 10.1. The minimum absolute atomic E-state index is 0.0173. The molecule has 0 aliphatic heterocycles. The van der Waals surface area contributed by atoms with E-state index in [4.69, 9.17) is 15.6 Å². The maximum absolute atomic E-state index is 13.1. The molecule has 6 heteroatoms. The smallest absolute Gasteiger partial charge is 0.255 e. The third-order valence-electron chi connectivity index (χ3n) is 5.32. The van der Waals surface area contributed by atoms with Gasteiger partial charge in [-0.2, -0.15) is 5.10 Å². The van der Waals surface area contributed by atoms with Gasteiger partial charge < -0.3 is 15.8 Å². The van der Waals surface area contributed by atoms with E-state index in [-0.39, 0.29) is 11.9 Å². The Balaban J connectivity index is 1.65. The van der Waals surface area contributed by atoms with Gasteiger partial charge in [-0.25, -0.2) is 0 Å². The maximum atomic E-state index is 13.1. The Kier molecular flexibility index (Phi) is 5.62. The van der Waals surface area contributed by atoms with Crippen molar-refractivity contribution in [2.75, 3.05) is 13.7 Å². The molecule has 1 aromatic heterocycles. The van der Waals surface area contributed by atoms with Crippen molar-refractivity contribution in [3.05, 3.63) is 71.9 Å². The molecule has 1 heterocycles. The number of nitrogens with two attached hydrogens (primary N) is 1. The number of nitrogens with zero attached hydrogens (tertiary/aromatic N) is 2. The first-order valence-electron chi connectivity index (χ1n) is 9.94. The fourth-order valence-electron chi connectivity index (χ4n) is 3.52. The van der Waals surface area contributed by atoms with Gasteiger partial charge in [-0.05, 0) is 48.6 Å². The first-order chi connectivity index (χ1) is 14.2. The topological polar surface area (TPSA) is 82.2 Å². The Bertz CT molecular complexity index is 962. The maximum Gasteiger partial charge on any atom is 0.255 e. The van der Waals surface area contributed by atoms with Crippen LogP contribution in [0.1, 0.15) is 28.8 Å². The Hall–Kier alpha value is -3.12. The molecule has 1 atom stereocenters. The number of hydrogen-bond acceptors (Lipinski definition) is 4. The van der Waals surface area contributed by atoms with E-state index in [1.165, 1.54) is 0 Å². The Morgan fingerprint density at radius 3 is 2.55 bits per heavy atom. The number of rotatable bonds is 8. The summed E-state index contributed by atoms with van der Waals surface area (Å²) < 4.78 is 7.07. The lowest BCUT2D eigenvalue weighted by Gasteiger charge is -2.15. The van der Waals surface area contributed by atoms with Crippen LogP contribution in [0.3, 0.4) is 0 Å². The molecule has 3 N–H and O–H groups in total. The number of carbonyl (C=O) groups is 1. The predicted octanol–water partition coefficient (Wildman–Crippen LogP) is 3.07. The number of methoxy groups -OCH3 is 1. The summed E-state index contributed by atoms with van der Waals surface area (Å²) in [6, 6.07) is 17.7. The molecule has 0 bridgehead atoms. The lowest BCUT2D eigenvalue weighted by molar-refractivity contribution is 0.0934. The number of amides is 1. The van der Waals surface area contributed by atoms with Crippen LogP contribution < -0.4 is 15.8 Å². The van der Waals surface area contributed by atoms with Crippen molar-refractivity contribution in [3.8, 4) is 17.0 Å². The monoisotopic (exact) mass is 390 g/mol. The highest BCUT2D eigenvalue weighted by molar-refractivity contribution is 6.00. The van der Waals surface area contributed by atoms with Crippen LogP contribution in [0.15, 0.2) is 60.8 Å². The van der Waals surface area contributed by atoms with Gasteiger partial charge in [0.2, 0.25) is 0 Å². The Morgan fingerprint density at radius 2 is 1.93 bits per heavy atom. The summed E-state index contributed by atoms with van der Waals surface area (Å²) in [6.45, 7) is 1.05. The molecule has 2 aromatic carbocycles. The highest BCUT2D eigenvalue weighted by atomic mass is 16.5. The number of aromatic nitrogens is 2. The first-order valence-corrected chi connectivity index (χ1v) is 9.94. The zero-order chi connectivity index (χ0) is 20.2. The first kappa shape index (κ1) is 19.2. The van der Waals surface area contributed by atoms with Gasteiger partial charge in [0.05, 0.1) is 19.2 Å². The van der Waals surface area contributed by atoms with Gasteiger partial charge in [0, 0.05) is 24.3 Å². The molecule has 1 amide bonds. The second-order valence-electron chi connectivity index (χ2n) is 7.46. The van der Waals surface area contributed by atoms with Gasteiger partial charge in [-0.15, -0.1) is 0 Å². The van der Waals surface area contributed by atoms with Gasteiger partial charge in [-0.3, -0.25) is 9.48 Å². The molecule has 150 valence electrons. The van der Waals surface area contributed by atoms with E-state index in [2.05, 4.69) is 5.32 Å². The van der Waals surface area contributed by atoms with Crippen molar-refractivity contribution in [1.82, 2.24) is 15.1 Å². The van der Waals surface area contributed by atoms with Crippen molar-refractivity contribution < 1.29 is 9.53 Å². The molecule has 1 unspecified atom stereocenters. The lowest BCUT2D eigenvalue weighted by Crippen LogP contribution is -2.41. The summed E-state index contributed by atoms with van der Waals surface area (Å²) in [7, 11) is 1.63. The van der Waals surface area contributed by atoms with Crippen LogP contribution in [-0.2, 0) is 6.54 Å². The molecule has 29 heavy (non-hydrogen) atoms. The van der Waals surface area contributed by atoms with Crippen LogP contribution in [-0.4, -0.2) is 35.4 Å². The summed E-state index contributed by atoms with van der Waals surface area (Å²) in [5.74, 6) is 1.13. The van der Waals surface area contributed by atoms with Crippen molar-refractivity contribution in [3.63, 3.8) is 0 Å². The van der Waals surface area contributed by atoms with E-state index >= 15 is 0 Å². The number of carbonyl (C=O) groups excluding carboxylic acids is 1. The molecular formula is C23H26N4O2. The minimum Gasteiger partial charge on any atom is -0.497 e. The number of hydrogen-bond donors (Lipinski definition) is 2. The number of nitrogens with one attached hydrogen (secondary N) is 1. The third kappa shape index (κ3) is 4.49. The van der Waals surface area contributed by atoms with E-state index in [1.807, 2.05) is 65.5 Å². The molecule has 0 spiro atoms. The van der Waals surface area contributed by atoms with E-state index in [0.717, 1.165) is 29.7 Å². The molecule has 0 radical (unpaired) electrons. The molecule has 1 aliphatic rings. The van der Waals surface area contributed by atoms with Crippen molar-refractivity contribution >= 4 is 5.91 Å². The van der Waals surface area contributed by atoms with Gasteiger partial charge >= 0.3 is 0 Å². The molecular weight excluding hydrogens is 364 g/mol. The Labute approximate surface area is 170 Å². The van der Waals surface area contributed by atoms with Gasteiger partial charge in [-0.1, -0.05) is 30.3 Å². The van der Waals surface area contributed by atoms with Crippen molar-refractivity contribution in [2.45, 2.75) is 25.4 Å². The molecule has 0 saturated heterocycles. The van der Waals surface area contributed by atoms with Gasteiger partial charge in [0.15, 0.2) is 0 Å². The standard InChI is InChI=1S/C23H26N4O2/c1-29-19-11-9-18(10-12-19)22-20(23(28)25-21(13-24)17-7-8-17)15-27(26-22)14-16-5-3-2-4-6-16/h2-6,9-12,15,17,21H,7-8,13-14,24H2,1H3,(H,25,28). The quantitative estimate of drug-likeness (QED) is 0.619. The fourth-order valence-corrected chi connectivity index (χ4v) is 3.52. The number of benzene rings is 2. The van der Waals surface area contributed by atoms with Crippen molar-refractivity contribution in [2.24, 2.45) is 11.7 Å². The summed E-state index contributed by atoms with van der Waals surface area (Å²) >= 11 is 0. The third-order valence-corrected chi connectivity index (χ3v) is 5.32. The van der Waals surface area contributed by atoms with E-state index < -0.39 is 0 Å². The predicted molar refractivity (Wildman–Crippen MR) is 113 cm³/mol. The molecule has 3 aromatic rings. The van der Waals surface area contributed by atoms with Crippen molar-refractivity contribution in [1.29, 1.82) is 0 Å². The van der Waals surface area contributed by atoms with Crippen LogP contribution in [0.25, 0.3) is 11.3 Å². The van der Waals surface area contributed by atoms with Crippen LogP contribution >= 0.6 is 0 Å². The largest absolute Gasteiger partial charge is 0.497 e. The Morgan fingerprint density at radius 1 is 1.21 bits per heavy atom. The fraction of sp³-hybridized carbons (Fsp3) is 0.304. The van der Waals surface area contributed by atoms with E-state index in [1.54, 1.807) is 7.11 Å². The van der Waals surface area contributed by atoms with E-state index in [0.29, 0.717) is 30.3 Å². The number of ether oxygens (including phenoxy) is 1. The summed E-state index contributed by atoms with van der Waals surface area (Å²) in [4.78, 5) is 13.1. The second-order valence-corrected chi connectivity index (χ2v) is 7.46. The second kappa shape index (κ2) is 8.49. The summed E-state index contributed by atoms with van der Waals surface area (Å²) in [6.07, 6.45) is 4.07. The van der Waals surface area contributed by atoms with Crippen LogP contribution in [0.4, 0.5) is 0 Å². The van der Waals surface area contributed by atoms with Gasteiger partial charge in [0.1, 0.15) is 11.4 Å². The molecule has 1 saturated carbocycles. The van der Waals surface area contributed by atoms with Crippen LogP contribution in [0.5, 0.6) is 5.75 Å². The zero-order valence-corrected chi connectivity index (χ0v) is 16.5.